The molecule has 3 fully saturated rings. The first kappa shape index (κ1) is 14.1. The minimum atomic E-state index is -0.0235. The number of imide groups is 1. The van der Waals surface area contributed by atoms with Gasteiger partial charge >= 0.3 is 0 Å². The predicted molar refractivity (Wildman–Crippen MR) is 77.9 cm³/mol. The summed E-state index contributed by atoms with van der Waals surface area (Å²) < 4.78 is 0. The van der Waals surface area contributed by atoms with Crippen molar-refractivity contribution in [2.45, 2.75) is 71.1 Å². The first-order valence-corrected chi connectivity index (χ1v) is 8.51. The molecule has 1 aliphatic heterocycles. The number of carbonyl (C=O) groups is 2. The van der Waals surface area contributed by atoms with Crippen molar-refractivity contribution in [2.75, 3.05) is 0 Å². The maximum atomic E-state index is 12.6. The number of rotatable bonds is 2. The van der Waals surface area contributed by atoms with Crippen molar-refractivity contribution in [3.05, 3.63) is 0 Å². The van der Waals surface area contributed by atoms with Crippen molar-refractivity contribution in [3.8, 4) is 0 Å². The van der Waals surface area contributed by atoms with Crippen LogP contribution in [-0.2, 0) is 9.59 Å². The average Bonchev–Trinajstić information content (AvgIpc) is 2.92. The van der Waals surface area contributed by atoms with Crippen LogP contribution in [0, 0.1) is 23.2 Å². The van der Waals surface area contributed by atoms with Crippen LogP contribution in [0.5, 0.6) is 0 Å². The minimum absolute atomic E-state index is 0.0125. The van der Waals surface area contributed by atoms with E-state index in [1.54, 1.807) is 0 Å². The van der Waals surface area contributed by atoms with Gasteiger partial charge in [0.1, 0.15) is 0 Å². The highest BCUT2D eigenvalue weighted by Crippen LogP contribution is 2.56. The molecule has 3 heteroatoms. The van der Waals surface area contributed by atoms with E-state index in [0.29, 0.717) is 18.3 Å². The fourth-order valence-corrected chi connectivity index (χ4v) is 5.49. The lowest BCUT2D eigenvalue weighted by atomic mass is 9.53. The van der Waals surface area contributed by atoms with E-state index >= 15 is 0 Å². The molecule has 0 aromatic carbocycles. The van der Waals surface area contributed by atoms with Gasteiger partial charge in [0.15, 0.2) is 0 Å². The van der Waals surface area contributed by atoms with Crippen molar-refractivity contribution in [1.82, 2.24) is 5.32 Å². The number of nitrogens with one attached hydrogen (secondary N) is 1. The maximum absolute atomic E-state index is 12.6. The Morgan fingerprint density at radius 2 is 1.80 bits per heavy atom. The smallest absolute Gasteiger partial charge is 0.230 e. The van der Waals surface area contributed by atoms with Gasteiger partial charge in [0.25, 0.3) is 0 Å². The summed E-state index contributed by atoms with van der Waals surface area (Å²) in [6.45, 7) is 2.24. The Morgan fingerprint density at radius 1 is 1.10 bits per heavy atom. The Kier molecular flexibility index (Phi) is 3.87. The molecule has 3 atom stereocenters. The molecule has 2 amide bonds. The van der Waals surface area contributed by atoms with Gasteiger partial charge in [0, 0.05) is 12.3 Å². The standard InChI is InChI=1S/C17H27NO2/c1-2-13-9-5-6-10-17(13)11-14(19)18-16(20)15(17)12-7-3-4-8-12/h12-13,15H,2-11H2,1H3,(H,18,19,20). The second-order valence-electron chi connectivity index (χ2n) is 7.20. The molecular formula is C17H27NO2. The highest BCUT2D eigenvalue weighted by molar-refractivity contribution is 6.00. The fraction of sp³-hybridized carbons (Fsp3) is 0.882. The van der Waals surface area contributed by atoms with Gasteiger partial charge in [0.2, 0.25) is 11.8 Å². The molecule has 3 nitrogen and oxygen atoms in total. The number of piperidine rings is 1. The van der Waals surface area contributed by atoms with Gasteiger partial charge < -0.3 is 0 Å². The normalized spacial score (nSPS) is 39.2. The second kappa shape index (κ2) is 5.50. The number of hydrogen-bond donors (Lipinski definition) is 1. The van der Waals surface area contributed by atoms with Gasteiger partial charge in [-0.3, -0.25) is 14.9 Å². The molecule has 1 saturated heterocycles. The van der Waals surface area contributed by atoms with Crippen LogP contribution < -0.4 is 5.32 Å². The molecule has 2 aliphatic carbocycles. The van der Waals surface area contributed by atoms with Gasteiger partial charge in [-0.05, 0) is 42.9 Å². The van der Waals surface area contributed by atoms with E-state index in [2.05, 4.69) is 12.2 Å². The average molecular weight is 277 g/mol. The molecule has 0 radical (unpaired) electrons. The summed E-state index contributed by atoms with van der Waals surface area (Å²) in [6.07, 6.45) is 11.4. The lowest BCUT2D eigenvalue weighted by Gasteiger charge is -2.52. The summed E-state index contributed by atoms with van der Waals surface area (Å²) in [7, 11) is 0. The third-order valence-electron chi connectivity index (χ3n) is 6.28. The highest BCUT2D eigenvalue weighted by Gasteiger charge is 2.55. The lowest BCUT2D eigenvalue weighted by molar-refractivity contribution is -0.153. The SMILES string of the molecule is CCC1CCCCC12CC(=O)NC(=O)C2C1CCCC1. The van der Waals surface area contributed by atoms with Crippen LogP contribution in [0.25, 0.3) is 0 Å². The van der Waals surface area contributed by atoms with Crippen molar-refractivity contribution in [2.24, 2.45) is 23.2 Å². The molecule has 20 heavy (non-hydrogen) atoms. The van der Waals surface area contributed by atoms with Crippen LogP contribution in [0.2, 0.25) is 0 Å². The molecule has 1 heterocycles. The summed E-state index contributed by atoms with van der Waals surface area (Å²) in [5.74, 6) is 1.22. The Balaban J connectivity index is 1.96. The zero-order valence-corrected chi connectivity index (χ0v) is 12.6. The molecule has 0 aromatic rings. The molecule has 0 aromatic heterocycles. The monoisotopic (exact) mass is 277 g/mol. The summed E-state index contributed by atoms with van der Waals surface area (Å²) in [5, 5.41) is 2.64. The Bertz CT molecular complexity index is 400. The van der Waals surface area contributed by atoms with Crippen LogP contribution in [0.4, 0.5) is 0 Å². The molecule has 1 spiro atoms. The Hall–Kier alpha value is -0.860. The fourth-order valence-electron chi connectivity index (χ4n) is 5.49. The van der Waals surface area contributed by atoms with Gasteiger partial charge in [-0.15, -0.1) is 0 Å². The van der Waals surface area contributed by atoms with Crippen LogP contribution >= 0.6 is 0 Å². The van der Waals surface area contributed by atoms with Crippen molar-refractivity contribution in [1.29, 1.82) is 0 Å². The summed E-state index contributed by atoms with van der Waals surface area (Å²) in [6, 6.07) is 0. The first-order valence-electron chi connectivity index (χ1n) is 8.51. The van der Waals surface area contributed by atoms with E-state index in [9.17, 15) is 9.59 Å². The molecule has 0 bridgehead atoms. The Morgan fingerprint density at radius 3 is 2.50 bits per heavy atom. The Labute approximate surface area is 121 Å². The quantitative estimate of drug-likeness (QED) is 0.786. The largest absolute Gasteiger partial charge is 0.296 e. The number of hydrogen-bond acceptors (Lipinski definition) is 2. The van der Waals surface area contributed by atoms with Gasteiger partial charge in [-0.2, -0.15) is 0 Å². The third kappa shape index (κ3) is 2.19. The van der Waals surface area contributed by atoms with E-state index < -0.39 is 0 Å². The molecule has 2 saturated carbocycles. The highest BCUT2D eigenvalue weighted by atomic mass is 16.2. The van der Waals surface area contributed by atoms with E-state index in [1.165, 1.54) is 44.9 Å². The minimum Gasteiger partial charge on any atom is -0.296 e. The van der Waals surface area contributed by atoms with Crippen molar-refractivity contribution < 1.29 is 9.59 Å². The molecule has 3 unspecified atom stereocenters. The van der Waals surface area contributed by atoms with E-state index in [4.69, 9.17) is 0 Å². The van der Waals surface area contributed by atoms with Crippen LogP contribution in [0.1, 0.15) is 71.1 Å². The van der Waals surface area contributed by atoms with Crippen LogP contribution in [-0.4, -0.2) is 11.8 Å². The molecule has 1 N–H and O–H groups in total. The maximum Gasteiger partial charge on any atom is 0.230 e. The summed E-state index contributed by atoms with van der Waals surface area (Å²) in [4.78, 5) is 24.6. The zero-order chi connectivity index (χ0) is 14.2. The van der Waals surface area contributed by atoms with Gasteiger partial charge in [-0.1, -0.05) is 39.0 Å². The predicted octanol–water partition coefficient (Wildman–Crippen LogP) is 3.43. The molecular weight excluding hydrogens is 250 g/mol. The van der Waals surface area contributed by atoms with Crippen molar-refractivity contribution >= 4 is 11.8 Å². The lowest BCUT2D eigenvalue weighted by Crippen LogP contribution is -2.57. The first-order chi connectivity index (χ1) is 9.67. The number of amides is 2. The van der Waals surface area contributed by atoms with Crippen LogP contribution in [0.15, 0.2) is 0 Å². The second-order valence-corrected chi connectivity index (χ2v) is 7.20. The van der Waals surface area contributed by atoms with Crippen molar-refractivity contribution in [3.63, 3.8) is 0 Å². The van der Waals surface area contributed by atoms with E-state index in [-0.39, 0.29) is 23.1 Å². The third-order valence-corrected chi connectivity index (χ3v) is 6.28. The molecule has 112 valence electrons. The van der Waals surface area contributed by atoms with Gasteiger partial charge in [-0.25, -0.2) is 0 Å². The van der Waals surface area contributed by atoms with E-state index in [1.807, 2.05) is 0 Å². The zero-order valence-electron chi connectivity index (χ0n) is 12.6. The van der Waals surface area contributed by atoms with Gasteiger partial charge in [0.05, 0.1) is 0 Å². The molecule has 3 aliphatic rings. The molecule has 3 rings (SSSR count). The van der Waals surface area contributed by atoms with Crippen LogP contribution in [0.3, 0.4) is 0 Å². The summed E-state index contributed by atoms with van der Waals surface area (Å²) in [5.41, 5.74) is -0.0125. The van der Waals surface area contributed by atoms with E-state index in [0.717, 1.165) is 12.8 Å². The topological polar surface area (TPSA) is 46.2 Å². The summed E-state index contributed by atoms with van der Waals surface area (Å²) >= 11 is 0. The number of carbonyl (C=O) groups excluding carboxylic acids is 2.